The van der Waals surface area contributed by atoms with Crippen molar-refractivity contribution in [2.45, 2.75) is 45.4 Å². The molecule has 2 aromatic rings. The lowest BCUT2D eigenvalue weighted by Gasteiger charge is -2.30. The predicted molar refractivity (Wildman–Crippen MR) is 134 cm³/mol. The number of carbonyl (C=O) groups is 2. The Labute approximate surface area is 197 Å². The van der Waals surface area contributed by atoms with Crippen LogP contribution in [0.25, 0.3) is 0 Å². The van der Waals surface area contributed by atoms with Gasteiger partial charge >= 0.3 is 6.03 Å². The lowest BCUT2D eigenvalue weighted by Crippen LogP contribution is -2.36. The number of fused-ring (bicyclic) bond motifs is 1. The van der Waals surface area contributed by atoms with Crippen LogP contribution in [0.15, 0.2) is 48.5 Å². The minimum atomic E-state index is -0.131. The van der Waals surface area contributed by atoms with Crippen molar-refractivity contribution in [1.82, 2.24) is 10.2 Å². The first kappa shape index (κ1) is 23.3. The van der Waals surface area contributed by atoms with Crippen LogP contribution in [0, 0.1) is 5.92 Å². The van der Waals surface area contributed by atoms with Crippen LogP contribution in [0.2, 0.25) is 0 Å². The van der Waals surface area contributed by atoms with Gasteiger partial charge in [0, 0.05) is 36.6 Å². The van der Waals surface area contributed by atoms with E-state index in [1.165, 1.54) is 31.5 Å². The predicted octanol–water partition coefficient (Wildman–Crippen LogP) is 4.91. The summed E-state index contributed by atoms with van der Waals surface area (Å²) in [6, 6.07) is 15.1. The van der Waals surface area contributed by atoms with E-state index in [-0.39, 0.29) is 11.9 Å². The van der Waals surface area contributed by atoms with E-state index in [4.69, 9.17) is 0 Å². The lowest BCUT2D eigenvalue weighted by atomic mass is 10.0. The number of anilines is 2. The minimum Gasteiger partial charge on any atom is -0.352 e. The van der Waals surface area contributed by atoms with Crippen molar-refractivity contribution >= 4 is 23.3 Å². The van der Waals surface area contributed by atoms with Crippen molar-refractivity contribution in [3.05, 3.63) is 59.7 Å². The maximum absolute atomic E-state index is 13.0. The van der Waals surface area contributed by atoms with Gasteiger partial charge in [-0.1, -0.05) is 25.1 Å². The monoisotopic (exact) mass is 448 g/mol. The van der Waals surface area contributed by atoms with Gasteiger partial charge in [-0.05, 0) is 93.4 Å². The van der Waals surface area contributed by atoms with Crippen LogP contribution in [0.5, 0.6) is 0 Å². The molecule has 2 heterocycles. The van der Waals surface area contributed by atoms with E-state index < -0.39 is 0 Å². The first-order valence-corrected chi connectivity index (χ1v) is 12.4. The Morgan fingerprint density at radius 1 is 1.00 bits per heavy atom. The van der Waals surface area contributed by atoms with Gasteiger partial charge in [0.25, 0.3) is 5.91 Å². The summed E-state index contributed by atoms with van der Waals surface area (Å²) in [6.45, 7) is 7.08. The summed E-state index contributed by atoms with van der Waals surface area (Å²) in [7, 11) is 0. The Bertz CT molecular complexity index is 943. The maximum Gasteiger partial charge on any atom is 0.326 e. The molecule has 6 heteroatoms. The summed E-state index contributed by atoms with van der Waals surface area (Å²) in [6.07, 6.45) is 6.64. The third kappa shape index (κ3) is 6.35. The highest BCUT2D eigenvalue weighted by Gasteiger charge is 2.21. The van der Waals surface area contributed by atoms with E-state index in [2.05, 4.69) is 28.5 Å². The van der Waals surface area contributed by atoms with E-state index in [0.29, 0.717) is 24.3 Å². The third-order valence-corrected chi connectivity index (χ3v) is 6.68. The van der Waals surface area contributed by atoms with Gasteiger partial charge < -0.3 is 15.5 Å². The number of aryl methyl sites for hydroxylation is 1. The molecule has 0 saturated carbocycles. The van der Waals surface area contributed by atoms with Crippen LogP contribution in [-0.4, -0.2) is 49.6 Å². The van der Waals surface area contributed by atoms with Crippen molar-refractivity contribution < 1.29 is 9.59 Å². The van der Waals surface area contributed by atoms with Gasteiger partial charge in [-0.25, -0.2) is 4.79 Å². The number of hydrogen-bond acceptors (Lipinski definition) is 3. The highest BCUT2D eigenvalue weighted by Crippen LogP contribution is 2.26. The molecule has 6 nitrogen and oxygen atoms in total. The number of para-hydroxylation sites is 1. The van der Waals surface area contributed by atoms with Crippen LogP contribution in [0.1, 0.15) is 54.9 Å². The summed E-state index contributed by atoms with van der Waals surface area (Å²) in [5.41, 5.74) is 3.51. The second-order valence-corrected chi connectivity index (χ2v) is 9.40. The van der Waals surface area contributed by atoms with Crippen LogP contribution < -0.4 is 15.5 Å². The maximum atomic E-state index is 13.0. The second kappa shape index (κ2) is 11.3. The van der Waals surface area contributed by atoms with E-state index in [1.54, 1.807) is 24.3 Å². The molecule has 0 aromatic heterocycles. The Morgan fingerprint density at radius 3 is 2.64 bits per heavy atom. The molecule has 1 fully saturated rings. The van der Waals surface area contributed by atoms with Crippen LogP contribution >= 0.6 is 0 Å². The van der Waals surface area contributed by atoms with Gasteiger partial charge in [-0.2, -0.15) is 0 Å². The van der Waals surface area contributed by atoms with Crippen molar-refractivity contribution in [1.29, 1.82) is 0 Å². The topological polar surface area (TPSA) is 64.7 Å². The summed E-state index contributed by atoms with van der Waals surface area (Å²) in [5, 5.41) is 6.01. The molecular weight excluding hydrogens is 412 g/mol. The SMILES string of the molecule is C[C@@H]1CCCN(CCCNC(=O)c2ccc(NC(=O)N3CCCCc4ccccc43)cc2)C1. The highest BCUT2D eigenvalue weighted by molar-refractivity contribution is 6.02. The lowest BCUT2D eigenvalue weighted by molar-refractivity contribution is 0.0950. The molecule has 2 aliphatic rings. The summed E-state index contributed by atoms with van der Waals surface area (Å²) < 4.78 is 0. The van der Waals surface area contributed by atoms with E-state index in [9.17, 15) is 9.59 Å². The molecule has 0 aliphatic carbocycles. The molecule has 0 unspecified atom stereocenters. The number of amides is 3. The number of nitrogens with zero attached hydrogens (tertiary/aromatic N) is 2. The quantitative estimate of drug-likeness (QED) is 0.617. The Kier molecular flexibility index (Phi) is 8.00. The largest absolute Gasteiger partial charge is 0.352 e. The number of nitrogens with one attached hydrogen (secondary N) is 2. The Morgan fingerprint density at radius 2 is 1.82 bits per heavy atom. The standard InChI is InChI=1S/C27H36N4O2/c1-21-8-6-17-30(20-21)18-7-16-28-26(32)23-12-14-24(15-13-23)29-27(33)31-19-5-4-10-22-9-2-3-11-25(22)31/h2-3,9,11-15,21H,4-8,10,16-20H2,1H3,(H,28,32)(H,29,33)/t21-/m1/s1. The number of benzene rings is 2. The minimum absolute atomic E-state index is 0.0682. The molecule has 1 atom stereocenters. The van der Waals surface area contributed by atoms with Crippen LogP contribution in [0.3, 0.4) is 0 Å². The van der Waals surface area contributed by atoms with Gasteiger partial charge in [-0.15, -0.1) is 0 Å². The molecule has 0 radical (unpaired) electrons. The van der Waals surface area contributed by atoms with Crippen molar-refractivity contribution in [2.24, 2.45) is 5.92 Å². The van der Waals surface area contributed by atoms with Gasteiger partial charge in [0.1, 0.15) is 0 Å². The number of likely N-dealkylation sites (tertiary alicyclic amines) is 1. The first-order chi connectivity index (χ1) is 16.1. The molecule has 3 amide bonds. The van der Waals surface area contributed by atoms with E-state index in [0.717, 1.165) is 43.8 Å². The first-order valence-electron chi connectivity index (χ1n) is 12.4. The van der Waals surface area contributed by atoms with Gasteiger partial charge in [0.2, 0.25) is 0 Å². The molecule has 33 heavy (non-hydrogen) atoms. The fourth-order valence-electron chi connectivity index (χ4n) is 4.89. The summed E-state index contributed by atoms with van der Waals surface area (Å²) >= 11 is 0. The molecule has 2 aromatic carbocycles. The molecule has 0 bridgehead atoms. The molecule has 2 N–H and O–H groups in total. The molecule has 1 saturated heterocycles. The summed E-state index contributed by atoms with van der Waals surface area (Å²) in [4.78, 5) is 29.8. The summed E-state index contributed by atoms with van der Waals surface area (Å²) in [5.74, 6) is 0.711. The van der Waals surface area contributed by atoms with Gasteiger partial charge in [0.05, 0.1) is 0 Å². The van der Waals surface area contributed by atoms with Crippen molar-refractivity contribution in [2.75, 3.05) is 42.9 Å². The van der Waals surface area contributed by atoms with E-state index >= 15 is 0 Å². The number of hydrogen-bond donors (Lipinski definition) is 2. The Hall–Kier alpha value is -2.86. The number of piperidine rings is 1. The number of carbonyl (C=O) groups excluding carboxylic acids is 2. The van der Waals surface area contributed by atoms with Crippen molar-refractivity contribution in [3.8, 4) is 0 Å². The number of rotatable bonds is 6. The fourth-order valence-corrected chi connectivity index (χ4v) is 4.89. The van der Waals surface area contributed by atoms with Gasteiger partial charge in [-0.3, -0.25) is 9.69 Å². The van der Waals surface area contributed by atoms with E-state index in [1.807, 2.05) is 23.1 Å². The molecule has 176 valence electrons. The highest BCUT2D eigenvalue weighted by atomic mass is 16.2. The zero-order chi connectivity index (χ0) is 23.0. The Balaban J connectivity index is 1.26. The second-order valence-electron chi connectivity index (χ2n) is 9.40. The fraction of sp³-hybridized carbons (Fsp3) is 0.481. The average molecular weight is 449 g/mol. The molecular formula is C27H36N4O2. The molecule has 0 spiro atoms. The molecule has 4 rings (SSSR count). The average Bonchev–Trinajstić information content (AvgIpc) is 3.05. The molecule has 2 aliphatic heterocycles. The van der Waals surface area contributed by atoms with Crippen LogP contribution in [-0.2, 0) is 6.42 Å². The van der Waals surface area contributed by atoms with Gasteiger partial charge in [0.15, 0.2) is 0 Å². The third-order valence-electron chi connectivity index (χ3n) is 6.68. The number of urea groups is 1. The zero-order valence-electron chi connectivity index (χ0n) is 19.7. The normalized spacial score (nSPS) is 18.8. The van der Waals surface area contributed by atoms with Crippen LogP contribution in [0.4, 0.5) is 16.2 Å². The zero-order valence-corrected chi connectivity index (χ0v) is 19.7. The smallest absolute Gasteiger partial charge is 0.326 e. The van der Waals surface area contributed by atoms with Crippen molar-refractivity contribution in [3.63, 3.8) is 0 Å².